The summed E-state index contributed by atoms with van der Waals surface area (Å²) in [5, 5.41) is 0. The standard InChI is InChI=1S/C17H25N3/c1-4-20-14-9-6-5-8-13(14)19-15(20)12-17(18)11-7-10-16(17,2)3/h5-6,8-9H,4,7,10-12,18H2,1-3H3. The van der Waals surface area contributed by atoms with Gasteiger partial charge >= 0.3 is 0 Å². The molecule has 20 heavy (non-hydrogen) atoms. The van der Waals surface area contributed by atoms with Gasteiger partial charge in [-0.1, -0.05) is 32.4 Å². The van der Waals surface area contributed by atoms with Crippen molar-refractivity contribution in [1.29, 1.82) is 0 Å². The first-order valence-corrected chi connectivity index (χ1v) is 7.70. The van der Waals surface area contributed by atoms with Crippen molar-refractivity contribution < 1.29 is 0 Å². The van der Waals surface area contributed by atoms with Crippen LogP contribution in [0.4, 0.5) is 0 Å². The molecule has 1 aromatic heterocycles. The number of hydrogen-bond acceptors (Lipinski definition) is 2. The molecule has 1 saturated carbocycles. The summed E-state index contributed by atoms with van der Waals surface area (Å²) in [6.07, 6.45) is 4.43. The summed E-state index contributed by atoms with van der Waals surface area (Å²) in [5.74, 6) is 1.14. The number of hydrogen-bond donors (Lipinski definition) is 1. The van der Waals surface area contributed by atoms with Crippen LogP contribution >= 0.6 is 0 Å². The summed E-state index contributed by atoms with van der Waals surface area (Å²) in [7, 11) is 0. The van der Waals surface area contributed by atoms with Crippen LogP contribution in [0, 0.1) is 5.41 Å². The van der Waals surface area contributed by atoms with Gasteiger partial charge in [-0.2, -0.15) is 0 Å². The predicted octanol–water partition coefficient (Wildman–Crippen LogP) is 3.51. The molecule has 0 radical (unpaired) electrons. The molecule has 0 spiro atoms. The number of aryl methyl sites for hydroxylation is 1. The van der Waals surface area contributed by atoms with Crippen molar-refractivity contribution in [3.63, 3.8) is 0 Å². The summed E-state index contributed by atoms with van der Waals surface area (Å²) >= 11 is 0. The van der Waals surface area contributed by atoms with Crippen LogP contribution in [0.5, 0.6) is 0 Å². The first-order valence-electron chi connectivity index (χ1n) is 7.70. The maximum absolute atomic E-state index is 6.76. The highest BCUT2D eigenvalue weighted by Crippen LogP contribution is 2.46. The Labute approximate surface area is 121 Å². The molecule has 1 aliphatic rings. The Morgan fingerprint density at radius 1 is 1.25 bits per heavy atom. The molecule has 0 amide bonds. The molecule has 3 nitrogen and oxygen atoms in total. The van der Waals surface area contributed by atoms with Crippen molar-refractivity contribution in [1.82, 2.24) is 9.55 Å². The van der Waals surface area contributed by atoms with E-state index in [1.807, 2.05) is 0 Å². The maximum Gasteiger partial charge on any atom is 0.111 e. The van der Waals surface area contributed by atoms with Crippen LogP contribution in [0.1, 0.15) is 45.9 Å². The van der Waals surface area contributed by atoms with Gasteiger partial charge in [-0.25, -0.2) is 4.98 Å². The van der Waals surface area contributed by atoms with E-state index in [1.165, 1.54) is 18.4 Å². The third-order valence-corrected chi connectivity index (χ3v) is 5.30. The number of nitrogens with two attached hydrogens (primary N) is 1. The second-order valence-electron chi connectivity index (χ2n) is 6.83. The topological polar surface area (TPSA) is 43.8 Å². The normalized spacial score (nSPS) is 25.4. The first-order chi connectivity index (χ1) is 9.47. The largest absolute Gasteiger partial charge is 0.328 e. The van der Waals surface area contributed by atoms with Crippen molar-refractivity contribution in [3.8, 4) is 0 Å². The van der Waals surface area contributed by atoms with E-state index in [9.17, 15) is 0 Å². The lowest BCUT2D eigenvalue weighted by Crippen LogP contribution is -2.51. The number of nitrogens with zero attached hydrogens (tertiary/aromatic N) is 2. The van der Waals surface area contributed by atoms with E-state index < -0.39 is 0 Å². The highest BCUT2D eigenvalue weighted by atomic mass is 15.1. The Morgan fingerprint density at radius 3 is 2.65 bits per heavy atom. The minimum atomic E-state index is -0.124. The van der Waals surface area contributed by atoms with Crippen molar-refractivity contribution >= 4 is 11.0 Å². The maximum atomic E-state index is 6.76. The third kappa shape index (κ3) is 1.96. The van der Waals surface area contributed by atoms with E-state index in [2.05, 4.69) is 49.6 Å². The summed E-state index contributed by atoms with van der Waals surface area (Å²) in [6.45, 7) is 7.74. The van der Waals surface area contributed by atoms with Crippen LogP contribution < -0.4 is 5.73 Å². The van der Waals surface area contributed by atoms with Gasteiger partial charge in [0.25, 0.3) is 0 Å². The first kappa shape index (κ1) is 13.6. The summed E-state index contributed by atoms with van der Waals surface area (Å²) in [6, 6.07) is 8.38. The zero-order valence-corrected chi connectivity index (χ0v) is 12.8. The SMILES string of the molecule is CCn1c(CC2(N)CCCC2(C)C)nc2ccccc21. The number of fused-ring (bicyclic) bond motifs is 1. The average molecular weight is 271 g/mol. The van der Waals surface area contributed by atoms with Gasteiger partial charge in [-0.05, 0) is 37.3 Å². The average Bonchev–Trinajstić information content (AvgIpc) is 2.87. The molecule has 1 fully saturated rings. The minimum absolute atomic E-state index is 0.124. The van der Waals surface area contributed by atoms with Gasteiger partial charge in [0.2, 0.25) is 0 Å². The van der Waals surface area contributed by atoms with Crippen LogP contribution in [0.25, 0.3) is 11.0 Å². The molecule has 1 atom stereocenters. The highest BCUT2D eigenvalue weighted by molar-refractivity contribution is 5.75. The molecule has 0 bridgehead atoms. The molecule has 2 aromatic rings. The monoisotopic (exact) mass is 271 g/mol. The van der Waals surface area contributed by atoms with Gasteiger partial charge in [0.05, 0.1) is 11.0 Å². The lowest BCUT2D eigenvalue weighted by Gasteiger charge is -2.38. The van der Waals surface area contributed by atoms with Crippen LogP contribution in [-0.2, 0) is 13.0 Å². The van der Waals surface area contributed by atoms with E-state index in [0.717, 1.165) is 30.7 Å². The molecular formula is C17H25N3. The fraction of sp³-hybridized carbons (Fsp3) is 0.588. The fourth-order valence-electron chi connectivity index (χ4n) is 3.66. The summed E-state index contributed by atoms with van der Waals surface area (Å²) < 4.78 is 2.32. The molecule has 1 aromatic carbocycles. The Balaban J connectivity index is 2.03. The summed E-state index contributed by atoms with van der Waals surface area (Å²) in [5.41, 5.74) is 9.15. The number of aromatic nitrogens is 2. The van der Waals surface area contributed by atoms with Gasteiger partial charge in [0.15, 0.2) is 0 Å². The number of rotatable bonds is 3. The Kier molecular flexibility index (Phi) is 3.13. The molecule has 1 aliphatic carbocycles. The smallest absolute Gasteiger partial charge is 0.111 e. The van der Waals surface area contributed by atoms with Gasteiger partial charge in [0.1, 0.15) is 5.82 Å². The molecule has 1 unspecified atom stereocenters. The second-order valence-corrected chi connectivity index (χ2v) is 6.83. The molecule has 3 rings (SSSR count). The van der Waals surface area contributed by atoms with Crippen LogP contribution in [0.3, 0.4) is 0 Å². The van der Waals surface area contributed by atoms with E-state index in [0.29, 0.717) is 0 Å². The van der Waals surface area contributed by atoms with E-state index in [4.69, 9.17) is 10.7 Å². The van der Waals surface area contributed by atoms with E-state index in [-0.39, 0.29) is 11.0 Å². The minimum Gasteiger partial charge on any atom is -0.328 e. The molecule has 1 heterocycles. The molecule has 3 heteroatoms. The molecular weight excluding hydrogens is 246 g/mol. The van der Waals surface area contributed by atoms with E-state index in [1.54, 1.807) is 0 Å². The molecule has 0 aliphatic heterocycles. The quantitative estimate of drug-likeness (QED) is 0.928. The van der Waals surface area contributed by atoms with E-state index >= 15 is 0 Å². The fourth-order valence-corrected chi connectivity index (χ4v) is 3.66. The Hall–Kier alpha value is -1.35. The van der Waals surface area contributed by atoms with Crippen LogP contribution in [-0.4, -0.2) is 15.1 Å². The number of benzene rings is 1. The number of imidazole rings is 1. The van der Waals surface area contributed by atoms with Gasteiger partial charge < -0.3 is 10.3 Å². The van der Waals surface area contributed by atoms with Crippen molar-refractivity contribution in [2.75, 3.05) is 0 Å². The third-order valence-electron chi connectivity index (χ3n) is 5.30. The highest BCUT2D eigenvalue weighted by Gasteiger charge is 2.46. The van der Waals surface area contributed by atoms with Crippen LogP contribution in [0.2, 0.25) is 0 Å². The van der Waals surface area contributed by atoms with Crippen LogP contribution in [0.15, 0.2) is 24.3 Å². The zero-order valence-electron chi connectivity index (χ0n) is 12.8. The van der Waals surface area contributed by atoms with Gasteiger partial charge in [0, 0.05) is 18.5 Å². The molecule has 0 saturated heterocycles. The summed E-state index contributed by atoms with van der Waals surface area (Å²) in [4.78, 5) is 4.84. The van der Waals surface area contributed by atoms with Crippen molar-refractivity contribution in [2.45, 2.75) is 58.5 Å². The lowest BCUT2D eigenvalue weighted by atomic mass is 9.73. The predicted molar refractivity (Wildman–Crippen MR) is 83.7 cm³/mol. The van der Waals surface area contributed by atoms with Gasteiger partial charge in [-0.3, -0.25) is 0 Å². The second kappa shape index (κ2) is 4.59. The Morgan fingerprint density at radius 2 is 2.00 bits per heavy atom. The van der Waals surface area contributed by atoms with Crippen molar-refractivity contribution in [3.05, 3.63) is 30.1 Å². The molecule has 2 N–H and O–H groups in total. The number of para-hydroxylation sites is 2. The Bertz CT molecular complexity index is 626. The van der Waals surface area contributed by atoms with Gasteiger partial charge in [-0.15, -0.1) is 0 Å². The van der Waals surface area contributed by atoms with Crippen molar-refractivity contribution in [2.24, 2.45) is 11.1 Å². The lowest BCUT2D eigenvalue weighted by molar-refractivity contribution is 0.202. The molecule has 108 valence electrons. The zero-order chi connectivity index (χ0) is 14.4.